The summed E-state index contributed by atoms with van der Waals surface area (Å²) in [7, 11) is 0. The van der Waals surface area contributed by atoms with Crippen molar-refractivity contribution in [1.29, 1.82) is 0 Å². The summed E-state index contributed by atoms with van der Waals surface area (Å²) < 4.78 is 0. The topological polar surface area (TPSA) is 66.4 Å². The third-order valence-electron chi connectivity index (χ3n) is 1.99. The van der Waals surface area contributed by atoms with Crippen LogP contribution in [0.15, 0.2) is 35.2 Å². The van der Waals surface area contributed by atoms with E-state index in [4.69, 9.17) is 5.11 Å². The van der Waals surface area contributed by atoms with Gasteiger partial charge in [-0.15, -0.1) is 11.8 Å². The van der Waals surface area contributed by atoms with Crippen LogP contribution in [0.2, 0.25) is 0 Å². The van der Waals surface area contributed by atoms with Crippen LogP contribution in [-0.4, -0.2) is 29.3 Å². The number of carbonyl (C=O) groups excluding carboxylic acids is 1. The predicted molar refractivity (Wildman–Crippen MR) is 62.4 cm³/mol. The maximum Gasteiger partial charge on any atom is 0.326 e. The van der Waals surface area contributed by atoms with Gasteiger partial charge in [-0.25, -0.2) is 4.79 Å². The van der Waals surface area contributed by atoms with Crippen molar-refractivity contribution < 1.29 is 14.7 Å². The first kappa shape index (κ1) is 12.6. The number of nitrogens with one attached hydrogen (secondary N) is 1. The molecule has 0 fully saturated rings. The maximum absolute atomic E-state index is 10.7. The molecule has 0 aromatic heterocycles. The van der Waals surface area contributed by atoms with Crippen LogP contribution in [0, 0.1) is 0 Å². The molecule has 1 aromatic carbocycles. The van der Waals surface area contributed by atoms with Gasteiger partial charge < -0.3 is 10.4 Å². The fourth-order valence-corrected chi connectivity index (χ4v) is 2.11. The molecule has 0 bridgehead atoms. The van der Waals surface area contributed by atoms with E-state index < -0.39 is 12.0 Å². The molecule has 4 nitrogen and oxygen atoms in total. The van der Waals surface area contributed by atoms with Crippen LogP contribution in [0.5, 0.6) is 0 Å². The third-order valence-corrected chi connectivity index (χ3v) is 3.03. The first-order chi connectivity index (χ1) is 7.74. The molecule has 0 radical (unpaired) electrons. The summed E-state index contributed by atoms with van der Waals surface area (Å²) in [4.78, 5) is 22.0. The van der Waals surface area contributed by atoms with Crippen LogP contribution < -0.4 is 5.32 Å². The predicted octanol–water partition coefficient (Wildman–Crippen LogP) is 1.37. The van der Waals surface area contributed by atoms with Crippen LogP contribution >= 0.6 is 11.8 Å². The minimum atomic E-state index is -0.999. The Balaban J connectivity index is 2.33. The largest absolute Gasteiger partial charge is 0.480 e. The number of carboxylic acids is 1. The molecule has 0 saturated carbocycles. The Morgan fingerprint density at radius 2 is 2.12 bits per heavy atom. The Labute approximate surface area is 98.0 Å². The molecule has 0 aliphatic heterocycles. The molecule has 1 atom stereocenters. The first-order valence-corrected chi connectivity index (χ1v) is 5.83. The molecular formula is C11H13NO3S. The smallest absolute Gasteiger partial charge is 0.326 e. The van der Waals surface area contributed by atoms with Gasteiger partial charge in [-0.2, -0.15) is 0 Å². The van der Waals surface area contributed by atoms with E-state index in [9.17, 15) is 9.59 Å². The quantitative estimate of drug-likeness (QED) is 0.557. The Hall–Kier alpha value is -1.49. The molecular weight excluding hydrogens is 226 g/mol. The number of amides is 1. The summed E-state index contributed by atoms with van der Waals surface area (Å²) in [6.45, 7) is 0. The highest BCUT2D eigenvalue weighted by Crippen LogP contribution is 2.18. The summed E-state index contributed by atoms with van der Waals surface area (Å²) in [6.07, 6.45) is 0.833. The number of benzene rings is 1. The Bertz CT molecular complexity index is 342. The highest BCUT2D eigenvalue weighted by atomic mass is 32.2. The second-order valence-electron chi connectivity index (χ2n) is 3.13. The number of thioether (sulfide) groups is 1. The summed E-state index contributed by atoms with van der Waals surface area (Å²) in [6, 6.07) is 8.93. The average Bonchev–Trinajstić information content (AvgIpc) is 2.29. The lowest BCUT2D eigenvalue weighted by molar-refractivity contribution is -0.140. The van der Waals surface area contributed by atoms with E-state index in [0.717, 1.165) is 4.90 Å². The van der Waals surface area contributed by atoms with Crippen LogP contribution in [0.1, 0.15) is 6.42 Å². The van der Waals surface area contributed by atoms with Gasteiger partial charge in [0.2, 0.25) is 6.41 Å². The minimum Gasteiger partial charge on any atom is -0.480 e. The SMILES string of the molecule is O=CNC(CCSc1ccccc1)C(=O)O. The molecule has 2 N–H and O–H groups in total. The number of carbonyl (C=O) groups is 2. The van der Waals surface area contributed by atoms with E-state index in [0.29, 0.717) is 18.6 Å². The van der Waals surface area contributed by atoms with Gasteiger partial charge in [0.15, 0.2) is 0 Å². The molecule has 0 aliphatic rings. The second-order valence-corrected chi connectivity index (χ2v) is 4.29. The highest BCUT2D eigenvalue weighted by Gasteiger charge is 2.15. The number of hydrogen-bond donors (Lipinski definition) is 2. The van der Waals surface area contributed by atoms with E-state index in [1.807, 2.05) is 30.3 Å². The third kappa shape index (κ3) is 4.35. The molecule has 5 heteroatoms. The van der Waals surface area contributed by atoms with Crippen molar-refractivity contribution in [3.05, 3.63) is 30.3 Å². The fourth-order valence-electron chi connectivity index (χ4n) is 1.17. The van der Waals surface area contributed by atoms with E-state index >= 15 is 0 Å². The zero-order chi connectivity index (χ0) is 11.8. The van der Waals surface area contributed by atoms with Gasteiger partial charge in [-0.3, -0.25) is 4.79 Å². The lowest BCUT2D eigenvalue weighted by atomic mass is 10.2. The monoisotopic (exact) mass is 239 g/mol. The maximum atomic E-state index is 10.7. The molecule has 0 saturated heterocycles. The minimum absolute atomic E-state index is 0.410. The van der Waals surface area contributed by atoms with Gasteiger partial charge in [-0.1, -0.05) is 18.2 Å². The van der Waals surface area contributed by atoms with Crippen molar-refractivity contribution >= 4 is 24.1 Å². The molecule has 1 rings (SSSR count). The summed E-state index contributed by atoms with van der Waals surface area (Å²) >= 11 is 1.57. The summed E-state index contributed by atoms with van der Waals surface area (Å²) in [5.41, 5.74) is 0. The van der Waals surface area contributed by atoms with Crippen molar-refractivity contribution in [1.82, 2.24) is 5.32 Å². The standard InChI is InChI=1S/C11H13NO3S/c13-8-12-10(11(14)15)6-7-16-9-4-2-1-3-5-9/h1-5,8,10H,6-7H2,(H,12,13)(H,14,15). The van der Waals surface area contributed by atoms with E-state index in [2.05, 4.69) is 5.32 Å². The Kier molecular flexibility index (Phi) is 5.42. The molecule has 0 spiro atoms. The molecule has 1 unspecified atom stereocenters. The van der Waals surface area contributed by atoms with Crippen molar-refractivity contribution in [2.75, 3.05) is 5.75 Å². The first-order valence-electron chi connectivity index (χ1n) is 4.84. The van der Waals surface area contributed by atoms with Gasteiger partial charge in [0, 0.05) is 10.6 Å². The summed E-state index contributed by atoms with van der Waals surface area (Å²) in [5.74, 6) is -0.345. The summed E-state index contributed by atoms with van der Waals surface area (Å²) in [5, 5.41) is 11.0. The molecule has 16 heavy (non-hydrogen) atoms. The fraction of sp³-hybridized carbons (Fsp3) is 0.273. The van der Waals surface area contributed by atoms with Crippen LogP contribution in [0.4, 0.5) is 0 Å². The Morgan fingerprint density at radius 3 is 2.69 bits per heavy atom. The van der Waals surface area contributed by atoms with E-state index in [-0.39, 0.29) is 0 Å². The van der Waals surface area contributed by atoms with Gasteiger partial charge in [-0.05, 0) is 18.6 Å². The van der Waals surface area contributed by atoms with Crippen molar-refractivity contribution in [2.24, 2.45) is 0 Å². The molecule has 1 amide bonds. The normalized spacial score (nSPS) is 11.8. The molecule has 0 aliphatic carbocycles. The van der Waals surface area contributed by atoms with Crippen molar-refractivity contribution in [2.45, 2.75) is 17.4 Å². The van der Waals surface area contributed by atoms with E-state index in [1.54, 1.807) is 11.8 Å². The zero-order valence-electron chi connectivity index (χ0n) is 8.63. The van der Waals surface area contributed by atoms with Gasteiger partial charge in [0.1, 0.15) is 6.04 Å². The Morgan fingerprint density at radius 1 is 1.44 bits per heavy atom. The molecule has 1 aromatic rings. The van der Waals surface area contributed by atoms with E-state index in [1.165, 1.54) is 0 Å². The number of aliphatic carboxylic acids is 1. The second kappa shape index (κ2) is 6.90. The number of carboxylic acid groups (broad SMARTS) is 1. The van der Waals surface area contributed by atoms with Crippen molar-refractivity contribution in [3.63, 3.8) is 0 Å². The molecule has 0 heterocycles. The van der Waals surface area contributed by atoms with Crippen molar-refractivity contribution in [3.8, 4) is 0 Å². The zero-order valence-corrected chi connectivity index (χ0v) is 9.44. The average molecular weight is 239 g/mol. The lowest BCUT2D eigenvalue weighted by Gasteiger charge is -2.10. The molecule has 86 valence electrons. The highest BCUT2D eigenvalue weighted by molar-refractivity contribution is 7.99. The van der Waals surface area contributed by atoms with Crippen LogP contribution in [0.25, 0.3) is 0 Å². The van der Waals surface area contributed by atoms with Gasteiger partial charge in [0.25, 0.3) is 0 Å². The van der Waals surface area contributed by atoms with Gasteiger partial charge >= 0.3 is 5.97 Å². The lowest BCUT2D eigenvalue weighted by Crippen LogP contribution is -2.36. The number of rotatable bonds is 7. The van der Waals surface area contributed by atoms with Crippen LogP contribution in [-0.2, 0) is 9.59 Å². The van der Waals surface area contributed by atoms with Gasteiger partial charge in [0.05, 0.1) is 0 Å². The number of hydrogen-bond acceptors (Lipinski definition) is 3. The van der Waals surface area contributed by atoms with Crippen LogP contribution in [0.3, 0.4) is 0 Å².